The maximum absolute atomic E-state index is 14.0. The molecule has 1 unspecified atom stereocenters. The second-order valence-corrected chi connectivity index (χ2v) is 8.46. The summed E-state index contributed by atoms with van der Waals surface area (Å²) in [4.78, 5) is 40.6. The molecule has 0 aliphatic carbocycles. The summed E-state index contributed by atoms with van der Waals surface area (Å²) < 4.78 is 71.2. The van der Waals surface area contributed by atoms with Crippen LogP contribution in [0.15, 0.2) is 28.8 Å². The molecule has 1 heterocycles. The van der Waals surface area contributed by atoms with Crippen molar-refractivity contribution in [2.24, 2.45) is 5.73 Å². The van der Waals surface area contributed by atoms with Gasteiger partial charge in [0.1, 0.15) is 28.2 Å². The molecule has 0 bridgehead atoms. The number of aliphatic hydroxyl groups is 1. The number of hydrogen-bond donors (Lipinski definition) is 4. The number of nitrogens with zero attached hydrogens (tertiary/aromatic N) is 1. The molecule has 37 heavy (non-hydrogen) atoms. The molecular formula is C22H23F5N4O5S. The number of thiocarbonyl (C=S) groups is 1. The van der Waals surface area contributed by atoms with Crippen molar-refractivity contribution in [2.45, 2.75) is 57.0 Å². The number of rotatable bonds is 12. The lowest BCUT2D eigenvalue weighted by Gasteiger charge is -2.23. The predicted octanol–water partition coefficient (Wildman–Crippen LogP) is 2.56. The van der Waals surface area contributed by atoms with E-state index in [1.807, 2.05) is 0 Å². The first-order valence-electron chi connectivity index (χ1n) is 10.8. The Hall–Kier alpha value is -3.46. The minimum Gasteiger partial charge on any atom is -0.431 e. The van der Waals surface area contributed by atoms with E-state index in [1.165, 1.54) is 6.92 Å². The molecule has 5 N–H and O–H groups in total. The summed E-state index contributed by atoms with van der Waals surface area (Å²) in [6.07, 6.45) is -7.23. The van der Waals surface area contributed by atoms with Crippen LogP contribution in [-0.4, -0.2) is 57.0 Å². The number of carbonyl (C=O) groups is 3. The van der Waals surface area contributed by atoms with Gasteiger partial charge in [0.25, 0.3) is 5.91 Å². The Morgan fingerprint density at radius 1 is 1.11 bits per heavy atom. The first kappa shape index (κ1) is 29.8. The van der Waals surface area contributed by atoms with Gasteiger partial charge in [0, 0.05) is 6.42 Å². The van der Waals surface area contributed by atoms with Gasteiger partial charge in [-0.3, -0.25) is 14.4 Å². The van der Waals surface area contributed by atoms with Gasteiger partial charge in [0.15, 0.2) is 0 Å². The number of amides is 2. The van der Waals surface area contributed by atoms with Crippen LogP contribution in [0.3, 0.4) is 0 Å². The van der Waals surface area contributed by atoms with Crippen molar-refractivity contribution >= 4 is 34.8 Å². The third kappa shape index (κ3) is 8.86. The lowest BCUT2D eigenvalue weighted by molar-refractivity contribution is -0.140. The quantitative estimate of drug-likeness (QED) is 0.233. The number of nitrogens with two attached hydrogens (primary N) is 1. The zero-order valence-corrected chi connectivity index (χ0v) is 20.1. The summed E-state index contributed by atoms with van der Waals surface area (Å²) in [6, 6.07) is -0.183. The number of aliphatic hydroxyl groups excluding tert-OH is 1. The maximum atomic E-state index is 14.0. The highest BCUT2D eigenvalue weighted by Gasteiger charge is 2.34. The highest BCUT2D eigenvalue weighted by Crippen LogP contribution is 2.26. The van der Waals surface area contributed by atoms with Gasteiger partial charge in [-0.05, 0) is 38.3 Å². The Bertz CT molecular complexity index is 1130. The lowest BCUT2D eigenvalue weighted by atomic mass is 10.0. The van der Waals surface area contributed by atoms with Crippen LogP contribution in [0.1, 0.15) is 43.2 Å². The van der Waals surface area contributed by atoms with Crippen LogP contribution in [0.4, 0.5) is 22.0 Å². The van der Waals surface area contributed by atoms with E-state index in [0.717, 1.165) is 24.4 Å². The fraction of sp³-hybridized carbons (Fsp3) is 0.409. The zero-order valence-electron chi connectivity index (χ0n) is 19.3. The monoisotopic (exact) mass is 550 g/mol. The summed E-state index contributed by atoms with van der Waals surface area (Å²) in [5, 5.41) is 13.9. The number of ketones is 1. The number of Topliss-reactive ketones (excluding diaryl/α,β-unsaturated/α-hetero) is 1. The van der Waals surface area contributed by atoms with Crippen LogP contribution in [0.2, 0.25) is 0 Å². The minimum absolute atomic E-state index is 0.0308. The van der Waals surface area contributed by atoms with Gasteiger partial charge in [-0.1, -0.05) is 18.3 Å². The van der Waals surface area contributed by atoms with E-state index >= 15 is 0 Å². The first-order chi connectivity index (χ1) is 17.2. The number of benzene rings is 1. The van der Waals surface area contributed by atoms with E-state index in [4.69, 9.17) is 10.2 Å². The van der Waals surface area contributed by atoms with Crippen molar-refractivity contribution in [2.75, 3.05) is 0 Å². The molecule has 0 saturated carbocycles. The first-order valence-corrected chi connectivity index (χ1v) is 11.2. The van der Waals surface area contributed by atoms with Gasteiger partial charge in [0.05, 0.1) is 18.3 Å². The van der Waals surface area contributed by atoms with Crippen molar-refractivity contribution in [1.29, 1.82) is 0 Å². The van der Waals surface area contributed by atoms with Crippen molar-refractivity contribution < 1.29 is 45.9 Å². The molecule has 2 aromatic rings. The fourth-order valence-electron chi connectivity index (χ4n) is 3.12. The Kier molecular flexibility index (Phi) is 10.2. The maximum Gasteiger partial charge on any atom is 0.389 e. The molecule has 0 spiro atoms. The smallest absolute Gasteiger partial charge is 0.389 e. The molecule has 0 saturated heterocycles. The van der Waals surface area contributed by atoms with Gasteiger partial charge in [-0.25, -0.2) is 13.8 Å². The molecule has 1 aromatic heterocycles. The summed E-state index contributed by atoms with van der Waals surface area (Å²) in [5.74, 6) is -6.34. The van der Waals surface area contributed by atoms with E-state index in [0.29, 0.717) is 0 Å². The molecule has 15 heteroatoms. The van der Waals surface area contributed by atoms with Crippen molar-refractivity contribution in [3.63, 3.8) is 0 Å². The van der Waals surface area contributed by atoms with Crippen LogP contribution < -0.4 is 16.4 Å². The molecule has 1 aromatic carbocycles. The third-order valence-corrected chi connectivity index (χ3v) is 5.19. The van der Waals surface area contributed by atoms with Crippen molar-refractivity contribution in [1.82, 2.24) is 15.6 Å². The number of halogens is 5. The Morgan fingerprint density at radius 3 is 2.27 bits per heavy atom. The van der Waals surface area contributed by atoms with Gasteiger partial charge in [-0.15, -0.1) is 0 Å². The largest absolute Gasteiger partial charge is 0.431 e. The molecule has 2 rings (SSSR count). The Morgan fingerprint density at radius 2 is 1.73 bits per heavy atom. The van der Waals surface area contributed by atoms with E-state index in [1.54, 1.807) is 0 Å². The highest BCUT2D eigenvalue weighted by molar-refractivity contribution is 7.82. The average molecular weight is 551 g/mol. The van der Waals surface area contributed by atoms with Crippen LogP contribution in [0, 0.1) is 11.6 Å². The molecule has 0 aliphatic heterocycles. The van der Waals surface area contributed by atoms with Crippen molar-refractivity contribution in [3.05, 3.63) is 41.8 Å². The SMILES string of the molecule is CC(O)CC[C@H](NC(=O)c1cnc(-c2c(F)cccc2F)o1)C(=O)N[C@@H](CCC(F)(F)F)C(=O)C(N)=S. The lowest BCUT2D eigenvalue weighted by Crippen LogP contribution is -2.53. The number of carbonyl (C=O) groups excluding carboxylic acids is 3. The normalized spacial score (nSPS) is 13.9. The molecule has 0 aliphatic rings. The molecule has 0 radical (unpaired) electrons. The molecule has 3 atom stereocenters. The standard InChI is InChI=1S/C22H23F5N4O5S/c1-10(32)5-6-14(19(34)30-13(17(33)18(28)37)7-8-22(25,26)27)31-20(35)15-9-29-21(36-15)16-11(23)3-2-4-12(16)24/h2-4,9-10,13-14,32H,5-8H2,1H3,(H2,28,37)(H,30,34)(H,31,35)/t10?,13-,14-/m0/s1. The highest BCUT2D eigenvalue weighted by atomic mass is 32.1. The Balaban J connectivity index is 2.23. The number of aromatic nitrogens is 1. The van der Waals surface area contributed by atoms with Crippen molar-refractivity contribution in [3.8, 4) is 11.5 Å². The predicted molar refractivity (Wildman–Crippen MR) is 123 cm³/mol. The summed E-state index contributed by atoms with van der Waals surface area (Å²) in [7, 11) is 0. The van der Waals surface area contributed by atoms with Crippen LogP contribution in [0.25, 0.3) is 11.5 Å². The molecule has 202 valence electrons. The van der Waals surface area contributed by atoms with Crippen LogP contribution in [-0.2, 0) is 9.59 Å². The van der Waals surface area contributed by atoms with E-state index in [2.05, 4.69) is 27.8 Å². The molecule has 0 fully saturated rings. The minimum atomic E-state index is -4.64. The van der Waals surface area contributed by atoms with Crippen LogP contribution in [0.5, 0.6) is 0 Å². The zero-order chi connectivity index (χ0) is 27.9. The third-order valence-electron chi connectivity index (χ3n) is 4.99. The second-order valence-electron chi connectivity index (χ2n) is 8.02. The number of alkyl halides is 3. The van der Waals surface area contributed by atoms with E-state index < -0.39 is 88.6 Å². The average Bonchev–Trinajstić information content (AvgIpc) is 3.27. The summed E-state index contributed by atoms with van der Waals surface area (Å²) in [6.45, 7) is 1.39. The van der Waals surface area contributed by atoms with E-state index in [-0.39, 0.29) is 12.8 Å². The van der Waals surface area contributed by atoms with Gasteiger partial charge >= 0.3 is 6.18 Å². The van der Waals surface area contributed by atoms with Gasteiger partial charge in [-0.2, -0.15) is 13.2 Å². The molecular weight excluding hydrogens is 527 g/mol. The number of nitrogens with one attached hydrogen (secondary N) is 2. The summed E-state index contributed by atoms with van der Waals surface area (Å²) in [5.41, 5.74) is 4.60. The molecule has 2 amide bonds. The summed E-state index contributed by atoms with van der Waals surface area (Å²) >= 11 is 4.52. The van der Waals surface area contributed by atoms with Crippen LogP contribution >= 0.6 is 12.2 Å². The fourth-order valence-corrected chi connectivity index (χ4v) is 3.27. The van der Waals surface area contributed by atoms with Gasteiger partial charge < -0.3 is 25.9 Å². The van der Waals surface area contributed by atoms with Gasteiger partial charge in [0.2, 0.25) is 23.3 Å². The number of oxazole rings is 1. The molecule has 9 nitrogen and oxygen atoms in total. The van der Waals surface area contributed by atoms with E-state index in [9.17, 15) is 41.4 Å². The second kappa shape index (κ2) is 12.7. The topological polar surface area (TPSA) is 148 Å². The number of hydrogen-bond acceptors (Lipinski definition) is 7. The Labute approximate surface area is 212 Å².